The lowest BCUT2D eigenvalue weighted by atomic mass is 9.84. The van der Waals surface area contributed by atoms with Gasteiger partial charge < -0.3 is 4.57 Å². The smallest absolute Gasteiger partial charge is 0.312 e. The van der Waals surface area contributed by atoms with E-state index in [1.807, 2.05) is 29.2 Å². The number of hydrogen-bond acceptors (Lipinski definition) is 4. The summed E-state index contributed by atoms with van der Waals surface area (Å²) in [7, 11) is -3.23. The fraction of sp³-hybridized carbons (Fsp3) is 0.667. The molecule has 0 unspecified atom stereocenters. The van der Waals surface area contributed by atoms with Crippen LogP contribution in [0.3, 0.4) is 0 Å². The molecule has 2 bridgehead atoms. The molecule has 1 aromatic heterocycles. The first-order chi connectivity index (χ1) is 10.6. The van der Waals surface area contributed by atoms with Gasteiger partial charge in [-0.1, -0.05) is 6.07 Å². The number of fused-ring (bicyclic) bond motifs is 4. The van der Waals surface area contributed by atoms with E-state index < -0.39 is 7.75 Å². The topological polar surface area (TPSA) is 60.8 Å². The van der Waals surface area contributed by atoms with E-state index in [1.165, 1.54) is 0 Å². The molecule has 0 saturated carbocycles. The number of pyridine rings is 1. The highest BCUT2D eigenvalue weighted by Crippen LogP contribution is 2.55. The number of aromatic nitrogens is 1. The van der Waals surface area contributed by atoms with Gasteiger partial charge >= 0.3 is 7.75 Å². The second-order valence-corrected chi connectivity index (χ2v) is 7.89. The predicted molar refractivity (Wildman–Crippen MR) is 84.0 cm³/mol. The van der Waals surface area contributed by atoms with Crippen LogP contribution < -0.4 is 5.56 Å². The van der Waals surface area contributed by atoms with Gasteiger partial charge in [-0.05, 0) is 32.3 Å². The van der Waals surface area contributed by atoms with Crippen LogP contribution >= 0.6 is 7.75 Å². The quantitative estimate of drug-likeness (QED) is 0.778. The van der Waals surface area contributed by atoms with E-state index in [0.29, 0.717) is 38.8 Å². The van der Waals surface area contributed by atoms with Crippen LogP contribution in [-0.4, -0.2) is 35.5 Å². The molecular weight excluding hydrogens is 303 g/mol. The van der Waals surface area contributed by atoms with Crippen molar-refractivity contribution in [3.63, 3.8) is 0 Å². The Morgan fingerprint density at radius 3 is 2.59 bits per heavy atom. The highest BCUT2D eigenvalue weighted by Gasteiger charge is 2.42. The molecule has 2 aliphatic rings. The standard InChI is InChI=1S/C15H23N2O4P/c1-3-20-22(19,21-4-2)16-9-12-8-13(11-16)14-6-5-7-15(18)17(14)10-12/h5-7,12-13H,3-4,8-11H2,1-2H3/t12-,13+/m1/s1. The lowest BCUT2D eigenvalue weighted by Gasteiger charge is -2.44. The number of nitrogens with zero attached hydrogens (tertiary/aromatic N) is 2. The van der Waals surface area contributed by atoms with E-state index in [2.05, 4.69) is 0 Å². The van der Waals surface area contributed by atoms with Crippen LogP contribution in [-0.2, 0) is 20.2 Å². The van der Waals surface area contributed by atoms with Crippen molar-refractivity contribution in [2.45, 2.75) is 32.7 Å². The molecule has 122 valence electrons. The summed E-state index contributed by atoms with van der Waals surface area (Å²) in [5.74, 6) is 0.510. The Morgan fingerprint density at radius 2 is 1.91 bits per heavy atom. The second-order valence-electron chi connectivity index (χ2n) is 5.87. The van der Waals surface area contributed by atoms with Crippen molar-refractivity contribution >= 4 is 7.75 Å². The predicted octanol–water partition coefficient (Wildman–Crippen LogP) is 2.45. The fourth-order valence-electron chi connectivity index (χ4n) is 3.60. The van der Waals surface area contributed by atoms with Crippen LogP contribution in [0.5, 0.6) is 0 Å². The van der Waals surface area contributed by atoms with Crippen molar-refractivity contribution in [3.05, 3.63) is 34.2 Å². The molecule has 0 aliphatic carbocycles. The second kappa shape index (κ2) is 6.28. The normalized spacial score (nSPS) is 25.0. The molecule has 0 spiro atoms. The van der Waals surface area contributed by atoms with Crippen LogP contribution in [0.15, 0.2) is 23.0 Å². The average molecular weight is 326 g/mol. The largest absolute Gasteiger partial charge is 0.408 e. The first kappa shape index (κ1) is 15.9. The van der Waals surface area contributed by atoms with Crippen molar-refractivity contribution in [2.24, 2.45) is 5.92 Å². The van der Waals surface area contributed by atoms with Gasteiger partial charge in [0, 0.05) is 37.3 Å². The van der Waals surface area contributed by atoms with Gasteiger partial charge in [0.2, 0.25) is 0 Å². The summed E-state index contributed by atoms with van der Waals surface area (Å²) in [6, 6.07) is 5.41. The SMILES string of the molecule is CCOP(=O)(OCC)N1C[C@H]2C[C@@H](C1)c1cccc(=O)n1C2. The highest BCUT2D eigenvalue weighted by molar-refractivity contribution is 7.51. The summed E-state index contributed by atoms with van der Waals surface area (Å²) >= 11 is 0. The average Bonchev–Trinajstić information content (AvgIpc) is 2.49. The molecule has 7 heteroatoms. The molecule has 1 aromatic rings. The third kappa shape index (κ3) is 2.81. The third-order valence-electron chi connectivity index (χ3n) is 4.39. The molecule has 0 N–H and O–H groups in total. The van der Waals surface area contributed by atoms with E-state index in [4.69, 9.17) is 9.05 Å². The molecule has 0 amide bonds. The maximum Gasteiger partial charge on any atom is 0.408 e. The summed E-state index contributed by atoms with van der Waals surface area (Å²) in [4.78, 5) is 12.0. The Labute approximate surface area is 130 Å². The summed E-state index contributed by atoms with van der Waals surface area (Å²) in [6.45, 7) is 6.31. The van der Waals surface area contributed by atoms with Gasteiger partial charge in [-0.3, -0.25) is 13.8 Å². The molecule has 2 aliphatic heterocycles. The van der Waals surface area contributed by atoms with Gasteiger partial charge in [-0.2, -0.15) is 0 Å². The summed E-state index contributed by atoms with van der Waals surface area (Å²) in [5, 5.41) is 0. The molecule has 3 rings (SSSR count). The van der Waals surface area contributed by atoms with Crippen molar-refractivity contribution < 1.29 is 13.6 Å². The summed E-state index contributed by atoms with van der Waals surface area (Å²) in [6.07, 6.45) is 1.03. The summed E-state index contributed by atoms with van der Waals surface area (Å²) in [5.41, 5.74) is 1.09. The zero-order chi connectivity index (χ0) is 15.7. The Hall–Kier alpha value is -0.940. The molecule has 0 aromatic carbocycles. The van der Waals surface area contributed by atoms with Crippen LogP contribution in [0, 0.1) is 5.92 Å². The van der Waals surface area contributed by atoms with Gasteiger partial charge in [0.05, 0.1) is 13.2 Å². The highest BCUT2D eigenvalue weighted by atomic mass is 31.2. The molecule has 1 saturated heterocycles. The maximum atomic E-state index is 13.0. The Kier molecular flexibility index (Phi) is 4.55. The minimum atomic E-state index is -3.23. The van der Waals surface area contributed by atoms with Crippen LogP contribution in [0.1, 0.15) is 31.9 Å². The zero-order valence-corrected chi connectivity index (χ0v) is 14.0. The Bertz CT molecular complexity index is 635. The first-order valence-electron chi connectivity index (χ1n) is 7.91. The molecule has 3 heterocycles. The lowest BCUT2D eigenvalue weighted by Crippen LogP contribution is -2.46. The molecule has 0 radical (unpaired) electrons. The van der Waals surface area contributed by atoms with Gasteiger partial charge in [0.15, 0.2) is 0 Å². The summed E-state index contributed by atoms with van der Waals surface area (Å²) < 4.78 is 27.7. The monoisotopic (exact) mass is 326 g/mol. The molecule has 6 nitrogen and oxygen atoms in total. The fourth-order valence-corrected chi connectivity index (χ4v) is 5.48. The van der Waals surface area contributed by atoms with Gasteiger partial charge in [-0.15, -0.1) is 0 Å². The van der Waals surface area contributed by atoms with Crippen LogP contribution in [0.2, 0.25) is 0 Å². The third-order valence-corrected chi connectivity index (χ3v) is 6.58. The molecular formula is C15H23N2O4P. The minimum Gasteiger partial charge on any atom is -0.312 e. The van der Waals surface area contributed by atoms with E-state index in [1.54, 1.807) is 12.1 Å². The van der Waals surface area contributed by atoms with E-state index >= 15 is 0 Å². The van der Waals surface area contributed by atoms with Crippen LogP contribution in [0.25, 0.3) is 0 Å². The molecule has 1 fully saturated rings. The maximum absolute atomic E-state index is 13.0. The minimum absolute atomic E-state index is 0.0541. The number of hydrogen-bond donors (Lipinski definition) is 0. The van der Waals surface area contributed by atoms with E-state index in [-0.39, 0.29) is 11.5 Å². The van der Waals surface area contributed by atoms with Crippen molar-refractivity contribution in [2.75, 3.05) is 26.3 Å². The van der Waals surface area contributed by atoms with Crippen molar-refractivity contribution in [3.8, 4) is 0 Å². The van der Waals surface area contributed by atoms with E-state index in [9.17, 15) is 9.36 Å². The Balaban J connectivity index is 1.89. The van der Waals surface area contributed by atoms with Crippen molar-refractivity contribution in [1.82, 2.24) is 9.24 Å². The molecule has 22 heavy (non-hydrogen) atoms. The van der Waals surface area contributed by atoms with Crippen LogP contribution in [0.4, 0.5) is 0 Å². The van der Waals surface area contributed by atoms with E-state index in [0.717, 1.165) is 12.1 Å². The van der Waals surface area contributed by atoms with Crippen molar-refractivity contribution in [1.29, 1.82) is 0 Å². The van der Waals surface area contributed by atoms with Gasteiger partial charge in [-0.25, -0.2) is 9.24 Å². The Morgan fingerprint density at radius 1 is 1.18 bits per heavy atom. The van der Waals surface area contributed by atoms with Gasteiger partial charge in [0.1, 0.15) is 0 Å². The lowest BCUT2D eigenvalue weighted by molar-refractivity contribution is 0.117. The van der Waals surface area contributed by atoms with Gasteiger partial charge in [0.25, 0.3) is 5.56 Å². The number of piperidine rings is 1. The zero-order valence-electron chi connectivity index (χ0n) is 13.1. The first-order valence-corrected chi connectivity index (χ1v) is 9.41. The number of rotatable bonds is 5. The molecule has 2 atom stereocenters.